The fraction of sp³-hybridized carbons (Fsp3) is 0.381. The molecule has 0 aliphatic carbocycles. The summed E-state index contributed by atoms with van der Waals surface area (Å²) in [6, 6.07) is 12.2. The number of hydrogen-bond donors (Lipinski definition) is 0. The number of piperazine rings is 1. The first kappa shape index (κ1) is 21.4. The molecule has 6 nitrogen and oxygen atoms in total. The Bertz CT molecular complexity index is 997. The monoisotopic (exact) mass is 461 g/mol. The zero-order chi connectivity index (χ0) is 20.9. The molecule has 2 aromatic heterocycles. The maximum absolute atomic E-state index is 12.7. The number of aryl methyl sites for hydroxylation is 1. The Morgan fingerprint density at radius 2 is 1.97 bits per heavy atom. The number of rotatable bonds is 7. The quantitative estimate of drug-likeness (QED) is 0.498. The topological polar surface area (TPSA) is 54.3 Å². The summed E-state index contributed by atoms with van der Waals surface area (Å²) >= 11 is 9.09. The molecule has 1 saturated heterocycles. The highest BCUT2D eigenvalue weighted by molar-refractivity contribution is 7.99. The van der Waals surface area contributed by atoms with Crippen molar-refractivity contribution >= 4 is 40.6 Å². The molecule has 0 bridgehead atoms. The van der Waals surface area contributed by atoms with Crippen molar-refractivity contribution in [3.8, 4) is 5.69 Å². The van der Waals surface area contributed by atoms with Crippen LogP contribution in [-0.2, 0) is 17.8 Å². The number of carbonyl (C=O) groups is 1. The molecule has 3 heterocycles. The SMILES string of the molecule is CCc1ccccc1-n1cnnc1SCC(=O)N1CCN(Cc2ccc(Cl)s2)CC1. The van der Waals surface area contributed by atoms with Crippen molar-refractivity contribution in [3.05, 3.63) is 57.5 Å². The van der Waals surface area contributed by atoms with E-state index in [0.717, 1.165) is 54.3 Å². The van der Waals surface area contributed by atoms with Crippen LogP contribution in [0.25, 0.3) is 5.69 Å². The van der Waals surface area contributed by atoms with Gasteiger partial charge in [-0.1, -0.05) is 48.5 Å². The van der Waals surface area contributed by atoms with Gasteiger partial charge in [-0.2, -0.15) is 0 Å². The summed E-state index contributed by atoms with van der Waals surface area (Å²) < 4.78 is 2.80. The van der Waals surface area contributed by atoms with Crippen LogP contribution in [0.4, 0.5) is 0 Å². The molecule has 1 aliphatic rings. The highest BCUT2D eigenvalue weighted by Gasteiger charge is 2.22. The number of carbonyl (C=O) groups excluding carboxylic acids is 1. The van der Waals surface area contributed by atoms with Gasteiger partial charge in [0.15, 0.2) is 5.16 Å². The Morgan fingerprint density at radius 1 is 1.17 bits per heavy atom. The van der Waals surface area contributed by atoms with Crippen LogP contribution in [0.3, 0.4) is 0 Å². The number of benzene rings is 1. The Kier molecular flexibility index (Phi) is 7.09. The van der Waals surface area contributed by atoms with E-state index in [4.69, 9.17) is 11.6 Å². The number of thioether (sulfide) groups is 1. The lowest BCUT2D eigenvalue weighted by atomic mass is 10.1. The average Bonchev–Trinajstić information content (AvgIpc) is 3.41. The minimum Gasteiger partial charge on any atom is -0.339 e. The highest BCUT2D eigenvalue weighted by atomic mass is 35.5. The van der Waals surface area contributed by atoms with Crippen LogP contribution in [0.5, 0.6) is 0 Å². The van der Waals surface area contributed by atoms with Gasteiger partial charge in [0.05, 0.1) is 15.8 Å². The van der Waals surface area contributed by atoms with E-state index in [0.29, 0.717) is 5.75 Å². The normalized spacial score (nSPS) is 14.9. The van der Waals surface area contributed by atoms with E-state index in [2.05, 4.69) is 40.2 Å². The van der Waals surface area contributed by atoms with Crippen LogP contribution in [-0.4, -0.2) is 62.4 Å². The number of para-hydroxylation sites is 1. The second-order valence-corrected chi connectivity index (χ2v) is 9.86. The lowest BCUT2D eigenvalue weighted by molar-refractivity contribution is -0.130. The van der Waals surface area contributed by atoms with E-state index in [1.165, 1.54) is 22.2 Å². The molecule has 9 heteroatoms. The smallest absolute Gasteiger partial charge is 0.233 e. The summed E-state index contributed by atoms with van der Waals surface area (Å²) in [6.07, 6.45) is 2.65. The second-order valence-electron chi connectivity index (χ2n) is 7.12. The lowest BCUT2D eigenvalue weighted by Gasteiger charge is -2.34. The molecular weight excluding hydrogens is 438 g/mol. The van der Waals surface area contributed by atoms with E-state index < -0.39 is 0 Å². The average molecular weight is 462 g/mol. The predicted octanol–water partition coefficient (Wildman–Crippen LogP) is 3.98. The minimum absolute atomic E-state index is 0.150. The zero-order valence-electron chi connectivity index (χ0n) is 16.8. The van der Waals surface area contributed by atoms with E-state index in [9.17, 15) is 4.79 Å². The molecule has 1 fully saturated rings. The summed E-state index contributed by atoms with van der Waals surface area (Å²) in [5.74, 6) is 0.519. The van der Waals surface area contributed by atoms with Crippen LogP contribution >= 0.6 is 34.7 Å². The number of halogens is 1. The predicted molar refractivity (Wildman–Crippen MR) is 123 cm³/mol. The number of aromatic nitrogens is 3. The summed E-state index contributed by atoms with van der Waals surface area (Å²) in [6.45, 7) is 6.30. The van der Waals surface area contributed by atoms with Gasteiger partial charge in [-0.15, -0.1) is 21.5 Å². The first-order valence-electron chi connectivity index (χ1n) is 9.99. The lowest BCUT2D eigenvalue weighted by Crippen LogP contribution is -2.48. The first-order chi connectivity index (χ1) is 14.6. The van der Waals surface area contributed by atoms with Crippen molar-refractivity contribution in [2.24, 2.45) is 0 Å². The van der Waals surface area contributed by atoms with Crippen molar-refractivity contribution in [3.63, 3.8) is 0 Å². The molecule has 30 heavy (non-hydrogen) atoms. The summed E-state index contributed by atoms with van der Waals surface area (Å²) in [5, 5.41) is 9.05. The van der Waals surface area contributed by atoms with Crippen LogP contribution in [0, 0.1) is 0 Å². The Morgan fingerprint density at radius 3 is 2.70 bits per heavy atom. The van der Waals surface area contributed by atoms with E-state index in [1.54, 1.807) is 17.7 Å². The Balaban J connectivity index is 1.30. The van der Waals surface area contributed by atoms with Crippen molar-refractivity contribution in [1.82, 2.24) is 24.6 Å². The van der Waals surface area contributed by atoms with Gasteiger partial charge in [0.1, 0.15) is 6.33 Å². The number of amides is 1. The molecule has 158 valence electrons. The van der Waals surface area contributed by atoms with Crippen LogP contribution in [0.1, 0.15) is 17.4 Å². The molecule has 1 amide bonds. The first-order valence-corrected chi connectivity index (χ1v) is 12.2. The van der Waals surface area contributed by atoms with Gasteiger partial charge in [0.2, 0.25) is 5.91 Å². The molecule has 0 spiro atoms. The molecule has 0 saturated carbocycles. The largest absolute Gasteiger partial charge is 0.339 e. The van der Waals surface area contributed by atoms with Gasteiger partial charge >= 0.3 is 0 Å². The Labute approximate surface area is 189 Å². The minimum atomic E-state index is 0.150. The fourth-order valence-electron chi connectivity index (χ4n) is 3.56. The van der Waals surface area contributed by atoms with Gasteiger partial charge < -0.3 is 4.90 Å². The second kappa shape index (κ2) is 9.96. The van der Waals surface area contributed by atoms with Crippen LogP contribution in [0.2, 0.25) is 4.34 Å². The maximum atomic E-state index is 12.7. The van der Waals surface area contributed by atoms with Gasteiger partial charge in [-0.25, -0.2) is 0 Å². The molecule has 0 radical (unpaired) electrons. The summed E-state index contributed by atoms with van der Waals surface area (Å²) in [4.78, 5) is 18.3. The van der Waals surface area contributed by atoms with Crippen molar-refractivity contribution in [2.45, 2.75) is 25.0 Å². The number of thiophene rings is 1. The molecule has 0 unspecified atom stereocenters. The third-order valence-corrected chi connectivity index (χ3v) is 7.35. The Hall–Kier alpha value is -1.87. The highest BCUT2D eigenvalue weighted by Crippen LogP contribution is 2.24. The number of nitrogens with zero attached hydrogens (tertiary/aromatic N) is 5. The van der Waals surface area contributed by atoms with Gasteiger partial charge in [0.25, 0.3) is 0 Å². The number of hydrogen-bond acceptors (Lipinski definition) is 6. The van der Waals surface area contributed by atoms with E-state index in [-0.39, 0.29) is 5.91 Å². The van der Waals surface area contributed by atoms with Crippen LogP contribution in [0.15, 0.2) is 47.9 Å². The molecule has 0 atom stereocenters. The fourth-order valence-corrected chi connectivity index (χ4v) is 5.52. The van der Waals surface area contributed by atoms with Crippen molar-refractivity contribution < 1.29 is 4.79 Å². The van der Waals surface area contributed by atoms with E-state index >= 15 is 0 Å². The third-order valence-electron chi connectivity index (χ3n) is 5.21. The summed E-state index contributed by atoms with van der Waals surface area (Å²) in [7, 11) is 0. The van der Waals surface area contributed by atoms with Gasteiger partial charge in [0, 0.05) is 37.6 Å². The molecule has 4 rings (SSSR count). The molecule has 0 N–H and O–H groups in total. The molecule has 1 aliphatic heterocycles. The molecule has 3 aromatic rings. The van der Waals surface area contributed by atoms with Gasteiger partial charge in [-0.05, 0) is 30.2 Å². The standard InChI is InChI=1S/C21H24ClN5OS2/c1-2-16-5-3-4-6-18(16)27-15-23-24-21(27)29-14-20(28)26-11-9-25(10-12-26)13-17-7-8-19(22)30-17/h3-8,15H,2,9-14H2,1H3. The maximum Gasteiger partial charge on any atom is 0.233 e. The summed E-state index contributed by atoms with van der Waals surface area (Å²) in [5.41, 5.74) is 2.30. The van der Waals surface area contributed by atoms with Gasteiger partial charge in [-0.3, -0.25) is 14.3 Å². The third kappa shape index (κ3) is 5.06. The molecular formula is C21H24ClN5OS2. The van der Waals surface area contributed by atoms with E-state index in [1.807, 2.05) is 27.7 Å². The molecule has 1 aromatic carbocycles. The van der Waals surface area contributed by atoms with Crippen LogP contribution < -0.4 is 0 Å². The van der Waals surface area contributed by atoms with Crippen molar-refractivity contribution in [1.29, 1.82) is 0 Å². The zero-order valence-corrected chi connectivity index (χ0v) is 19.2. The van der Waals surface area contributed by atoms with Crippen molar-refractivity contribution in [2.75, 3.05) is 31.9 Å².